The first-order valence-corrected chi connectivity index (χ1v) is 5.68. The van der Waals surface area contributed by atoms with Crippen molar-refractivity contribution in [2.45, 2.75) is 20.3 Å². The Hall–Kier alpha value is -0.800. The van der Waals surface area contributed by atoms with Crippen molar-refractivity contribution in [2.75, 3.05) is 19.7 Å². The van der Waals surface area contributed by atoms with E-state index in [0.29, 0.717) is 11.8 Å². The highest BCUT2D eigenvalue weighted by atomic mass is 16.3. The molecule has 0 aromatic carbocycles. The molecule has 15 heavy (non-hydrogen) atoms. The van der Waals surface area contributed by atoms with E-state index in [4.69, 9.17) is 5.11 Å². The van der Waals surface area contributed by atoms with Crippen molar-refractivity contribution in [3.8, 4) is 0 Å². The molecule has 0 saturated carbocycles. The van der Waals surface area contributed by atoms with Gasteiger partial charge in [-0.15, -0.1) is 0 Å². The van der Waals surface area contributed by atoms with Crippen LogP contribution in [-0.2, 0) is 6.42 Å². The normalized spacial score (nSPS) is 13.3. The molecule has 1 atom stereocenters. The molecule has 3 nitrogen and oxygen atoms in total. The number of hydrogen-bond acceptors (Lipinski definition) is 2. The van der Waals surface area contributed by atoms with E-state index < -0.39 is 0 Å². The van der Waals surface area contributed by atoms with Crippen LogP contribution < -0.4 is 5.32 Å². The van der Waals surface area contributed by atoms with Crippen LogP contribution in [0.5, 0.6) is 0 Å². The molecule has 1 aromatic rings. The third-order valence-electron chi connectivity index (χ3n) is 2.82. The van der Waals surface area contributed by atoms with E-state index in [9.17, 15) is 0 Å². The summed E-state index contributed by atoms with van der Waals surface area (Å²) in [4.78, 5) is 3.17. The van der Waals surface area contributed by atoms with Gasteiger partial charge in [-0.3, -0.25) is 0 Å². The zero-order valence-corrected chi connectivity index (χ0v) is 9.66. The molecular weight excluding hydrogens is 188 g/mol. The Kier molecular flexibility index (Phi) is 5.43. The Balaban J connectivity index is 2.10. The number of aromatic amines is 1. The van der Waals surface area contributed by atoms with E-state index in [0.717, 1.165) is 19.5 Å². The second kappa shape index (κ2) is 6.64. The summed E-state index contributed by atoms with van der Waals surface area (Å²) in [5.41, 5.74) is 1.26. The second-order valence-corrected chi connectivity index (χ2v) is 4.34. The first-order valence-electron chi connectivity index (χ1n) is 5.68. The van der Waals surface area contributed by atoms with Crippen LogP contribution in [0.2, 0.25) is 0 Å². The highest BCUT2D eigenvalue weighted by Gasteiger charge is 2.10. The lowest BCUT2D eigenvalue weighted by atomic mass is 9.97. The van der Waals surface area contributed by atoms with Gasteiger partial charge in [-0.2, -0.15) is 0 Å². The lowest BCUT2D eigenvalue weighted by Gasteiger charge is -2.18. The van der Waals surface area contributed by atoms with Gasteiger partial charge in [0.1, 0.15) is 0 Å². The second-order valence-electron chi connectivity index (χ2n) is 4.34. The maximum atomic E-state index is 9.13. The average molecular weight is 210 g/mol. The molecule has 1 heterocycles. The Bertz CT molecular complexity index is 244. The fourth-order valence-corrected chi connectivity index (χ4v) is 1.54. The molecule has 3 heteroatoms. The Morgan fingerprint density at radius 3 is 2.80 bits per heavy atom. The summed E-state index contributed by atoms with van der Waals surface area (Å²) in [7, 11) is 0. The molecule has 86 valence electrons. The maximum absolute atomic E-state index is 9.13. The predicted octanol–water partition coefficient (Wildman–Crippen LogP) is 1.41. The molecule has 0 radical (unpaired) electrons. The highest BCUT2D eigenvalue weighted by molar-refractivity contribution is 5.03. The number of aliphatic hydroxyl groups excluding tert-OH is 1. The van der Waals surface area contributed by atoms with Gasteiger partial charge < -0.3 is 15.4 Å². The summed E-state index contributed by atoms with van der Waals surface area (Å²) in [5.74, 6) is 0.904. The standard InChI is InChI=1S/C12H22N2O/c1-10(2)11(9-15)8-13-7-5-12-4-3-6-14-12/h3-4,6,10-11,13-15H,5,7-9H2,1-2H3. The number of rotatable bonds is 7. The van der Waals surface area contributed by atoms with Gasteiger partial charge in [0.25, 0.3) is 0 Å². The number of aliphatic hydroxyl groups is 1. The van der Waals surface area contributed by atoms with Crippen molar-refractivity contribution in [1.29, 1.82) is 0 Å². The molecule has 0 spiro atoms. The number of nitrogens with one attached hydrogen (secondary N) is 2. The third-order valence-corrected chi connectivity index (χ3v) is 2.82. The minimum absolute atomic E-state index is 0.271. The monoisotopic (exact) mass is 210 g/mol. The molecule has 0 aliphatic heterocycles. The minimum atomic E-state index is 0.271. The van der Waals surface area contributed by atoms with Gasteiger partial charge in [-0.1, -0.05) is 13.8 Å². The van der Waals surface area contributed by atoms with Crippen LogP contribution in [0.3, 0.4) is 0 Å². The fourth-order valence-electron chi connectivity index (χ4n) is 1.54. The van der Waals surface area contributed by atoms with Gasteiger partial charge >= 0.3 is 0 Å². The van der Waals surface area contributed by atoms with Crippen LogP contribution in [0.25, 0.3) is 0 Å². The van der Waals surface area contributed by atoms with E-state index in [-0.39, 0.29) is 6.61 Å². The summed E-state index contributed by atoms with van der Waals surface area (Å²) in [6.45, 7) is 6.42. The van der Waals surface area contributed by atoms with Gasteiger partial charge in [0.15, 0.2) is 0 Å². The highest BCUT2D eigenvalue weighted by Crippen LogP contribution is 2.08. The van der Waals surface area contributed by atoms with E-state index >= 15 is 0 Å². The smallest absolute Gasteiger partial charge is 0.0473 e. The van der Waals surface area contributed by atoms with E-state index in [1.807, 2.05) is 12.3 Å². The predicted molar refractivity (Wildman–Crippen MR) is 62.8 cm³/mol. The lowest BCUT2D eigenvalue weighted by Crippen LogP contribution is -2.30. The third kappa shape index (κ3) is 4.49. The zero-order chi connectivity index (χ0) is 11.1. The Labute approximate surface area is 91.9 Å². The summed E-state index contributed by atoms with van der Waals surface area (Å²) in [6.07, 6.45) is 2.96. The summed E-state index contributed by atoms with van der Waals surface area (Å²) in [6, 6.07) is 4.10. The SMILES string of the molecule is CC(C)C(CO)CNCCc1ccc[nH]1. The van der Waals surface area contributed by atoms with Crippen molar-refractivity contribution < 1.29 is 5.11 Å². The van der Waals surface area contributed by atoms with Gasteiger partial charge in [0.05, 0.1) is 0 Å². The number of H-pyrrole nitrogens is 1. The largest absolute Gasteiger partial charge is 0.396 e. The maximum Gasteiger partial charge on any atom is 0.0473 e. The number of aromatic nitrogens is 1. The molecule has 0 bridgehead atoms. The summed E-state index contributed by atoms with van der Waals surface area (Å²) in [5, 5.41) is 12.5. The molecule has 1 unspecified atom stereocenters. The van der Waals surface area contributed by atoms with Crippen LogP contribution in [-0.4, -0.2) is 29.8 Å². The Morgan fingerprint density at radius 1 is 1.47 bits per heavy atom. The molecule has 0 aliphatic rings. The molecule has 0 saturated heterocycles. The van der Waals surface area contributed by atoms with E-state index in [2.05, 4.69) is 30.2 Å². The quantitative estimate of drug-likeness (QED) is 0.596. The average Bonchev–Trinajstić information content (AvgIpc) is 2.70. The van der Waals surface area contributed by atoms with Crippen molar-refractivity contribution in [1.82, 2.24) is 10.3 Å². The topological polar surface area (TPSA) is 48.0 Å². The summed E-state index contributed by atoms with van der Waals surface area (Å²) >= 11 is 0. The number of hydrogen-bond donors (Lipinski definition) is 3. The van der Waals surface area contributed by atoms with Crippen LogP contribution in [0.4, 0.5) is 0 Å². The first kappa shape index (κ1) is 12.3. The molecule has 1 rings (SSSR count). The van der Waals surface area contributed by atoms with Gasteiger partial charge in [0.2, 0.25) is 0 Å². The van der Waals surface area contributed by atoms with Crippen molar-refractivity contribution in [2.24, 2.45) is 11.8 Å². The lowest BCUT2D eigenvalue weighted by molar-refractivity contribution is 0.186. The molecule has 3 N–H and O–H groups in total. The van der Waals surface area contributed by atoms with Crippen LogP contribution in [0.1, 0.15) is 19.5 Å². The van der Waals surface area contributed by atoms with E-state index in [1.165, 1.54) is 5.69 Å². The van der Waals surface area contributed by atoms with Crippen molar-refractivity contribution in [3.63, 3.8) is 0 Å². The Morgan fingerprint density at radius 2 is 2.27 bits per heavy atom. The van der Waals surface area contributed by atoms with Crippen LogP contribution in [0.15, 0.2) is 18.3 Å². The molecule has 1 aromatic heterocycles. The van der Waals surface area contributed by atoms with Crippen LogP contribution in [0, 0.1) is 11.8 Å². The molecule has 0 amide bonds. The van der Waals surface area contributed by atoms with Crippen LogP contribution >= 0.6 is 0 Å². The first-order chi connectivity index (χ1) is 7.24. The van der Waals surface area contributed by atoms with Gasteiger partial charge in [0, 0.05) is 31.6 Å². The van der Waals surface area contributed by atoms with Gasteiger partial charge in [-0.05, 0) is 30.4 Å². The molecule has 0 aliphatic carbocycles. The summed E-state index contributed by atoms with van der Waals surface area (Å²) < 4.78 is 0. The fraction of sp³-hybridized carbons (Fsp3) is 0.667. The minimum Gasteiger partial charge on any atom is -0.396 e. The van der Waals surface area contributed by atoms with E-state index in [1.54, 1.807) is 0 Å². The van der Waals surface area contributed by atoms with Gasteiger partial charge in [-0.25, -0.2) is 0 Å². The molecule has 0 fully saturated rings. The zero-order valence-electron chi connectivity index (χ0n) is 9.66. The van der Waals surface area contributed by atoms with Crippen molar-refractivity contribution >= 4 is 0 Å². The molecular formula is C12H22N2O. The van der Waals surface area contributed by atoms with Crippen molar-refractivity contribution in [3.05, 3.63) is 24.0 Å².